The zero-order chi connectivity index (χ0) is 15.5. The molecule has 0 aliphatic carbocycles. The zero-order valence-corrected chi connectivity index (χ0v) is 13.9. The minimum Gasteiger partial charge on any atom is -0.347 e. The molecule has 1 aliphatic rings. The summed E-state index contributed by atoms with van der Waals surface area (Å²) in [7, 11) is 3.79. The Hall–Kier alpha value is -1.74. The molecule has 1 fully saturated rings. The summed E-state index contributed by atoms with van der Waals surface area (Å²) < 4.78 is 5.22. The predicted octanol–water partition coefficient (Wildman–Crippen LogP) is 1.05. The third-order valence-corrected chi connectivity index (χ3v) is 4.58. The summed E-state index contributed by atoms with van der Waals surface area (Å²) in [6.07, 6.45) is 2.15. The van der Waals surface area contributed by atoms with Crippen LogP contribution in [0.1, 0.15) is 23.7 Å². The van der Waals surface area contributed by atoms with Crippen molar-refractivity contribution in [2.75, 3.05) is 37.0 Å². The first-order valence-electron chi connectivity index (χ1n) is 7.40. The Kier molecular flexibility index (Phi) is 4.53. The summed E-state index contributed by atoms with van der Waals surface area (Å²) in [5, 5.41) is 17.7. The van der Waals surface area contributed by atoms with Gasteiger partial charge in [0.05, 0.1) is 6.54 Å². The summed E-state index contributed by atoms with van der Waals surface area (Å²) in [4.78, 5) is 8.45. The monoisotopic (exact) mass is 323 g/mol. The molecule has 0 aromatic carbocycles. The smallest absolute Gasteiger partial charge is 0.265 e. The van der Waals surface area contributed by atoms with Crippen LogP contribution in [0.2, 0.25) is 0 Å². The molecule has 2 aromatic heterocycles. The van der Waals surface area contributed by atoms with Gasteiger partial charge in [-0.3, -0.25) is 0 Å². The van der Waals surface area contributed by atoms with E-state index in [1.165, 1.54) is 0 Å². The van der Waals surface area contributed by atoms with Crippen molar-refractivity contribution in [3.63, 3.8) is 0 Å². The molecule has 0 saturated carbocycles. The first-order valence-corrected chi connectivity index (χ1v) is 8.22. The van der Waals surface area contributed by atoms with Crippen LogP contribution in [-0.4, -0.2) is 53.6 Å². The van der Waals surface area contributed by atoms with Gasteiger partial charge < -0.3 is 19.6 Å². The summed E-state index contributed by atoms with van der Waals surface area (Å²) in [5.41, 5.74) is 0. The molecule has 1 N–H and O–H groups in total. The first kappa shape index (κ1) is 15.2. The van der Waals surface area contributed by atoms with Gasteiger partial charge in [-0.15, -0.1) is 10.2 Å². The minimum absolute atomic E-state index is 0.472. The van der Waals surface area contributed by atoms with Gasteiger partial charge in [0.25, 0.3) is 5.95 Å². The van der Waals surface area contributed by atoms with Crippen molar-refractivity contribution in [1.82, 2.24) is 25.7 Å². The fraction of sp³-hybridized carbons (Fsp3) is 0.692. The molecule has 0 spiro atoms. The largest absolute Gasteiger partial charge is 0.347 e. The van der Waals surface area contributed by atoms with E-state index >= 15 is 0 Å². The van der Waals surface area contributed by atoms with E-state index in [0.717, 1.165) is 36.1 Å². The van der Waals surface area contributed by atoms with Gasteiger partial charge in [-0.1, -0.05) is 11.3 Å². The number of hydrogen-bond donors (Lipinski definition) is 1. The van der Waals surface area contributed by atoms with Crippen LogP contribution >= 0.6 is 11.3 Å². The highest BCUT2D eigenvalue weighted by atomic mass is 32.1. The second-order valence-corrected chi connectivity index (χ2v) is 6.79. The van der Waals surface area contributed by atoms with Gasteiger partial charge in [0.1, 0.15) is 5.01 Å². The van der Waals surface area contributed by atoms with E-state index < -0.39 is 0 Å². The van der Waals surface area contributed by atoms with Crippen LogP contribution in [0, 0.1) is 6.92 Å². The van der Waals surface area contributed by atoms with Crippen molar-refractivity contribution in [2.45, 2.75) is 32.4 Å². The van der Waals surface area contributed by atoms with Gasteiger partial charge in [-0.25, -0.2) is 0 Å². The van der Waals surface area contributed by atoms with Crippen LogP contribution in [0.25, 0.3) is 0 Å². The van der Waals surface area contributed by atoms with E-state index in [1.807, 2.05) is 25.9 Å². The van der Waals surface area contributed by atoms with Gasteiger partial charge in [-0.2, -0.15) is 4.98 Å². The lowest BCUT2D eigenvalue weighted by molar-refractivity contribution is 0.341. The first-order chi connectivity index (χ1) is 10.6. The standard InChI is InChI=1S/C13H21N7OS/c1-9-16-17-13(22-9)20-6-4-10(5-7-20)14-8-11-15-12(18-21-11)19(2)3/h10,14H,4-8H2,1-3H3. The van der Waals surface area contributed by atoms with Crippen LogP contribution in [0.5, 0.6) is 0 Å². The van der Waals surface area contributed by atoms with Crippen LogP contribution in [0.15, 0.2) is 4.52 Å². The van der Waals surface area contributed by atoms with Crippen molar-refractivity contribution in [1.29, 1.82) is 0 Å². The Labute approximate surface area is 133 Å². The Balaban J connectivity index is 1.45. The van der Waals surface area contributed by atoms with E-state index in [2.05, 4.69) is 30.6 Å². The topological polar surface area (TPSA) is 83.2 Å². The number of anilines is 2. The molecule has 0 amide bonds. The van der Waals surface area contributed by atoms with Gasteiger partial charge in [0.2, 0.25) is 11.0 Å². The minimum atomic E-state index is 0.472. The Morgan fingerprint density at radius 2 is 2.09 bits per heavy atom. The molecule has 3 heterocycles. The number of hydrogen-bond acceptors (Lipinski definition) is 9. The Morgan fingerprint density at radius 3 is 2.68 bits per heavy atom. The zero-order valence-electron chi connectivity index (χ0n) is 13.1. The van der Waals surface area contributed by atoms with Crippen molar-refractivity contribution < 1.29 is 4.52 Å². The summed E-state index contributed by atoms with van der Waals surface area (Å²) in [6, 6.07) is 0.472. The third kappa shape index (κ3) is 3.53. The number of piperidine rings is 1. The number of nitrogens with one attached hydrogen (secondary N) is 1. The average molecular weight is 323 g/mol. The fourth-order valence-electron chi connectivity index (χ4n) is 2.42. The lowest BCUT2D eigenvalue weighted by Gasteiger charge is -2.31. The highest BCUT2D eigenvalue weighted by Crippen LogP contribution is 2.23. The van der Waals surface area contributed by atoms with Crippen molar-refractivity contribution in [2.24, 2.45) is 0 Å². The molecule has 0 unspecified atom stereocenters. The lowest BCUT2D eigenvalue weighted by Crippen LogP contribution is -2.42. The molecular formula is C13H21N7OS. The number of aryl methyl sites for hydroxylation is 1. The molecule has 2 aromatic rings. The molecule has 0 radical (unpaired) electrons. The maximum atomic E-state index is 5.22. The SMILES string of the molecule is Cc1nnc(N2CCC(NCc3nc(N(C)C)no3)CC2)s1. The van der Waals surface area contributed by atoms with Gasteiger partial charge in [0, 0.05) is 33.2 Å². The number of rotatable bonds is 5. The van der Waals surface area contributed by atoms with E-state index in [0.29, 0.717) is 24.4 Å². The van der Waals surface area contributed by atoms with Crippen LogP contribution < -0.4 is 15.1 Å². The molecule has 1 saturated heterocycles. The predicted molar refractivity (Wildman–Crippen MR) is 85.3 cm³/mol. The fourth-order valence-corrected chi connectivity index (χ4v) is 3.16. The second-order valence-electron chi connectivity index (χ2n) is 5.63. The van der Waals surface area contributed by atoms with Crippen LogP contribution in [0.4, 0.5) is 11.1 Å². The molecule has 3 rings (SSSR count). The van der Waals surface area contributed by atoms with Crippen molar-refractivity contribution >= 4 is 22.4 Å². The summed E-state index contributed by atoms with van der Waals surface area (Å²) >= 11 is 1.66. The van der Waals surface area contributed by atoms with E-state index in [-0.39, 0.29) is 0 Å². The molecule has 0 atom stereocenters. The van der Waals surface area contributed by atoms with Gasteiger partial charge in [-0.05, 0) is 24.9 Å². The average Bonchev–Trinajstić information content (AvgIpc) is 3.15. The molecular weight excluding hydrogens is 302 g/mol. The van der Waals surface area contributed by atoms with Crippen LogP contribution in [-0.2, 0) is 6.54 Å². The van der Waals surface area contributed by atoms with E-state index in [9.17, 15) is 0 Å². The highest BCUT2D eigenvalue weighted by molar-refractivity contribution is 7.15. The lowest BCUT2D eigenvalue weighted by atomic mass is 10.1. The van der Waals surface area contributed by atoms with E-state index in [1.54, 1.807) is 11.3 Å². The maximum absolute atomic E-state index is 5.22. The second kappa shape index (κ2) is 6.57. The normalized spacial score (nSPS) is 16.2. The molecule has 8 nitrogen and oxygen atoms in total. The Bertz CT molecular complexity index is 603. The molecule has 0 bridgehead atoms. The third-order valence-electron chi connectivity index (χ3n) is 3.68. The van der Waals surface area contributed by atoms with Gasteiger partial charge >= 0.3 is 0 Å². The number of nitrogens with zero attached hydrogens (tertiary/aromatic N) is 6. The van der Waals surface area contributed by atoms with Crippen molar-refractivity contribution in [3.8, 4) is 0 Å². The maximum Gasteiger partial charge on any atom is 0.265 e. The van der Waals surface area contributed by atoms with Crippen molar-refractivity contribution in [3.05, 3.63) is 10.9 Å². The molecule has 9 heteroatoms. The highest BCUT2D eigenvalue weighted by Gasteiger charge is 2.21. The Morgan fingerprint density at radius 1 is 1.32 bits per heavy atom. The summed E-state index contributed by atoms with van der Waals surface area (Å²) in [6.45, 7) is 4.60. The quantitative estimate of drug-likeness (QED) is 0.874. The molecule has 1 aliphatic heterocycles. The molecule has 120 valence electrons. The van der Waals surface area contributed by atoms with Gasteiger partial charge in [0.15, 0.2) is 0 Å². The van der Waals surface area contributed by atoms with Crippen LogP contribution in [0.3, 0.4) is 0 Å². The molecule has 22 heavy (non-hydrogen) atoms. The summed E-state index contributed by atoms with van der Waals surface area (Å²) in [5.74, 6) is 1.24. The number of aromatic nitrogens is 4. The van der Waals surface area contributed by atoms with E-state index in [4.69, 9.17) is 4.52 Å².